The number of hydrogen-bond acceptors (Lipinski definition) is 7. The zero-order chi connectivity index (χ0) is 20.5. The maximum absolute atomic E-state index is 12.8. The van der Waals surface area contributed by atoms with E-state index in [0.29, 0.717) is 16.9 Å². The molecule has 1 fully saturated rings. The molecule has 2 aromatic carbocycles. The van der Waals surface area contributed by atoms with Gasteiger partial charge in [0.2, 0.25) is 5.91 Å². The van der Waals surface area contributed by atoms with Crippen molar-refractivity contribution in [2.24, 2.45) is 10.2 Å². The van der Waals surface area contributed by atoms with E-state index < -0.39 is 23.0 Å². The highest BCUT2D eigenvalue weighted by Crippen LogP contribution is 2.34. The van der Waals surface area contributed by atoms with E-state index in [-0.39, 0.29) is 23.0 Å². The van der Waals surface area contributed by atoms with Crippen LogP contribution >= 0.6 is 11.8 Å². The summed E-state index contributed by atoms with van der Waals surface area (Å²) in [7, 11) is 0. The number of carbonyl (C=O) groups excluding carboxylic acids is 2. The molecular formula is C19H14N4O5S. The first kappa shape index (κ1) is 18.7. The number of anilines is 2. The summed E-state index contributed by atoms with van der Waals surface area (Å²) in [5.41, 5.74) is 1.72. The third-order valence-electron chi connectivity index (χ3n) is 4.28. The van der Waals surface area contributed by atoms with Crippen molar-refractivity contribution in [1.82, 2.24) is 0 Å². The van der Waals surface area contributed by atoms with Gasteiger partial charge in [-0.2, -0.15) is 0 Å². The predicted octanol–water partition coefficient (Wildman–Crippen LogP) is 2.03. The number of thioether (sulfide) groups is 1. The van der Waals surface area contributed by atoms with E-state index >= 15 is 0 Å². The van der Waals surface area contributed by atoms with Crippen LogP contribution in [0.2, 0.25) is 0 Å². The van der Waals surface area contributed by atoms with Crippen LogP contribution in [0.3, 0.4) is 0 Å². The predicted molar refractivity (Wildman–Crippen MR) is 108 cm³/mol. The minimum absolute atomic E-state index is 0.0214. The molecule has 0 bridgehead atoms. The van der Waals surface area contributed by atoms with Crippen LogP contribution in [0, 0.1) is 0 Å². The number of nitrogens with zero attached hydrogens (tertiary/aromatic N) is 3. The number of para-hydroxylation sites is 1. The molecule has 2 heterocycles. The Morgan fingerprint density at radius 2 is 1.83 bits per heavy atom. The van der Waals surface area contributed by atoms with Crippen LogP contribution in [-0.4, -0.2) is 44.1 Å². The molecule has 0 radical (unpaired) electrons. The van der Waals surface area contributed by atoms with Crippen molar-refractivity contribution in [1.29, 1.82) is 0 Å². The van der Waals surface area contributed by atoms with Crippen molar-refractivity contribution in [2.45, 2.75) is 11.7 Å². The molecule has 4 rings (SSSR count). The summed E-state index contributed by atoms with van der Waals surface area (Å²) in [6, 6.07) is 12.8. The van der Waals surface area contributed by atoms with Crippen molar-refractivity contribution >= 4 is 51.8 Å². The van der Waals surface area contributed by atoms with Crippen LogP contribution in [0.1, 0.15) is 12.0 Å². The highest BCUT2D eigenvalue weighted by atomic mass is 32.2. The van der Waals surface area contributed by atoms with Crippen LogP contribution in [0.15, 0.2) is 58.7 Å². The Bertz CT molecular complexity index is 1080. The van der Waals surface area contributed by atoms with Gasteiger partial charge in [-0.25, -0.2) is 0 Å². The molecule has 0 spiro atoms. The first-order chi connectivity index (χ1) is 13.9. The van der Waals surface area contributed by atoms with Crippen molar-refractivity contribution in [3.05, 3.63) is 54.1 Å². The van der Waals surface area contributed by atoms with Crippen molar-refractivity contribution in [3.8, 4) is 5.75 Å². The lowest BCUT2D eigenvalue weighted by Crippen LogP contribution is -2.32. The van der Waals surface area contributed by atoms with E-state index in [9.17, 15) is 19.5 Å². The second-order valence-corrected chi connectivity index (χ2v) is 7.40. The zero-order valence-electron chi connectivity index (χ0n) is 14.8. The fourth-order valence-corrected chi connectivity index (χ4v) is 4.03. The van der Waals surface area contributed by atoms with Gasteiger partial charge in [0.15, 0.2) is 10.9 Å². The number of phenols is 1. The lowest BCUT2D eigenvalue weighted by molar-refractivity contribution is -0.138. The monoisotopic (exact) mass is 410 g/mol. The second kappa shape index (κ2) is 7.40. The maximum Gasteiger partial charge on any atom is 0.305 e. The Hall–Kier alpha value is -3.66. The quantitative estimate of drug-likeness (QED) is 0.661. The molecular weight excluding hydrogens is 396 g/mol. The van der Waals surface area contributed by atoms with Gasteiger partial charge < -0.3 is 15.5 Å². The number of carbonyl (C=O) groups is 3. The molecule has 0 unspecified atom stereocenters. The molecule has 2 amide bonds. The van der Waals surface area contributed by atoms with E-state index in [2.05, 4.69) is 15.5 Å². The average molecular weight is 410 g/mol. The van der Waals surface area contributed by atoms with E-state index in [4.69, 9.17) is 5.11 Å². The summed E-state index contributed by atoms with van der Waals surface area (Å²) in [5.74, 6) is -1.97. The number of aromatic hydroxyl groups is 1. The molecule has 1 atom stereocenters. The van der Waals surface area contributed by atoms with Crippen LogP contribution in [-0.2, 0) is 14.4 Å². The van der Waals surface area contributed by atoms with Crippen LogP contribution in [0.25, 0.3) is 0 Å². The molecule has 146 valence electrons. The standard InChI is InChI=1S/C19H14N4O5S/c24-11-7-5-10(6-8-11)23-18(28)14(9-15(25)26)29-19(23)22-21-16-12-3-1-2-4-13(12)20-17(16)27/h1-8,14,24H,9H2,(H,25,26)(H,20,21,27)/b22-19+/t14-/m0/s1. The number of amides is 2. The Morgan fingerprint density at radius 1 is 1.10 bits per heavy atom. The lowest BCUT2D eigenvalue weighted by atomic mass is 10.1. The van der Waals surface area contributed by atoms with Gasteiger partial charge in [-0.15, -0.1) is 10.2 Å². The van der Waals surface area contributed by atoms with Crippen LogP contribution < -0.4 is 10.2 Å². The molecule has 3 N–H and O–H groups in total. The first-order valence-electron chi connectivity index (χ1n) is 8.52. The summed E-state index contributed by atoms with van der Waals surface area (Å²) in [6.07, 6.45) is -0.378. The molecule has 9 nitrogen and oxygen atoms in total. The highest BCUT2D eigenvalue weighted by molar-refractivity contribution is 8.16. The Morgan fingerprint density at radius 3 is 2.55 bits per heavy atom. The lowest BCUT2D eigenvalue weighted by Gasteiger charge is -2.15. The number of benzene rings is 2. The molecule has 29 heavy (non-hydrogen) atoms. The number of carboxylic acids is 1. The average Bonchev–Trinajstić information content (AvgIpc) is 3.16. The largest absolute Gasteiger partial charge is 0.508 e. The fourth-order valence-electron chi connectivity index (χ4n) is 2.96. The van der Waals surface area contributed by atoms with Gasteiger partial charge in [0.05, 0.1) is 17.8 Å². The van der Waals surface area contributed by atoms with Crippen molar-refractivity contribution in [3.63, 3.8) is 0 Å². The number of carboxylic acid groups (broad SMARTS) is 1. The van der Waals surface area contributed by atoms with Gasteiger partial charge in [-0.3, -0.25) is 19.3 Å². The number of phenolic OH excluding ortho intramolecular Hbond substituents is 1. The summed E-state index contributed by atoms with van der Waals surface area (Å²) in [4.78, 5) is 37.3. The minimum Gasteiger partial charge on any atom is -0.508 e. The maximum atomic E-state index is 12.8. The summed E-state index contributed by atoms with van der Waals surface area (Å²) in [6.45, 7) is 0. The fraction of sp³-hybridized carbons (Fsp3) is 0.105. The van der Waals surface area contributed by atoms with Gasteiger partial charge in [-0.05, 0) is 30.3 Å². The van der Waals surface area contributed by atoms with Crippen LogP contribution in [0.5, 0.6) is 5.75 Å². The SMILES string of the molecule is O=C(O)C[C@@H]1S/C(=N/N=C2C(=O)Nc3ccccc32)N(c2ccc(O)cc2)C1=O. The Kier molecular flexibility index (Phi) is 4.77. The third kappa shape index (κ3) is 3.57. The molecule has 2 aromatic rings. The van der Waals surface area contributed by atoms with Gasteiger partial charge in [0.25, 0.3) is 5.91 Å². The number of hydrogen-bond donors (Lipinski definition) is 3. The number of fused-ring (bicyclic) bond motifs is 1. The van der Waals surface area contributed by atoms with E-state index in [1.54, 1.807) is 24.3 Å². The molecule has 2 aliphatic rings. The molecule has 2 aliphatic heterocycles. The van der Waals surface area contributed by atoms with Gasteiger partial charge in [-0.1, -0.05) is 30.0 Å². The Labute approximate surface area is 168 Å². The number of rotatable bonds is 4. The highest BCUT2D eigenvalue weighted by Gasteiger charge is 2.40. The van der Waals surface area contributed by atoms with E-state index in [1.807, 2.05) is 0 Å². The molecule has 0 saturated carbocycles. The first-order valence-corrected chi connectivity index (χ1v) is 9.40. The summed E-state index contributed by atoms with van der Waals surface area (Å²) < 4.78 is 0. The summed E-state index contributed by atoms with van der Waals surface area (Å²) >= 11 is 0.964. The van der Waals surface area contributed by atoms with Crippen molar-refractivity contribution < 1.29 is 24.6 Å². The smallest absolute Gasteiger partial charge is 0.305 e. The number of nitrogens with one attached hydrogen (secondary N) is 1. The van der Waals surface area contributed by atoms with E-state index in [0.717, 1.165) is 11.8 Å². The van der Waals surface area contributed by atoms with E-state index in [1.165, 1.54) is 29.2 Å². The van der Waals surface area contributed by atoms with Gasteiger partial charge in [0, 0.05) is 5.56 Å². The summed E-state index contributed by atoms with van der Waals surface area (Å²) in [5, 5.41) is 28.7. The van der Waals surface area contributed by atoms with Gasteiger partial charge in [0.1, 0.15) is 11.0 Å². The zero-order valence-corrected chi connectivity index (χ0v) is 15.6. The minimum atomic E-state index is -1.11. The topological polar surface area (TPSA) is 132 Å². The Balaban J connectivity index is 1.73. The molecule has 10 heteroatoms. The molecule has 1 saturated heterocycles. The van der Waals surface area contributed by atoms with Crippen LogP contribution in [0.4, 0.5) is 11.4 Å². The normalized spacial score (nSPS) is 21.0. The second-order valence-electron chi connectivity index (χ2n) is 6.23. The molecule has 0 aliphatic carbocycles. The number of amidine groups is 1. The molecule has 0 aromatic heterocycles. The van der Waals surface area contributed by atoms with Gasteiger partial charge >= 0.3 is 5.97 Å². The third-order valence-corrected chi connectivity index (χ3v) is 5.41. The number of aliphatic carboxylic acids is 1. The van der Waals surface area contributed by atoms with Crippen molar-refractivity contribution in [2.75, 3.05) is 10.2 Å².